The van der Waals surface area contributed by atoms with Crippen molar-refractivity contribution in [2.75, 3.05) is 0 Å². The number of pyridine rings is 3. The van der Waals surface area contributed by atoms with Crippen molar-refractivity contribution >= 4 is 38.1 Å². The van der Waals surface area contributed by atoms with E-state index in [-0.39, 0.29) is 61.9 Å². The van der Waals surface area contributed by atoms with Gasteiger partial charge in [-0.05, 0) is 296 Å². The Hall–Kier alpha value is -6.20. The molecular weight excluding hydrogens is 1140 g/mol. The molecule has 6 aromatic rings. The molecule has 93 heavy (non-hydrogen) atoms. The smallest absolute Gasteiger partial charge is 0.136 e. The largest absolute Gasteiger partial charge is 0.359 e. The Labute approximate surface area is 549 Å². The number of allylic oxidation sites excluding steroid dienone is 3. The van der Waals surface area contributed by atoms with Crippen molar-refractivity contribution in [2.24, 2.45) is 45.5 Å². The van der Waals surface area contributed by atoms with Crippen molar-refractivity contribution in [3.8, 4) is 0 Å². The molecule has 3 unspecified atom stereocenters. The number of nitrogens with zero attached hydrogens (tertiary/aromatic N) is 3. The number of hydrogen-bond donors (Lipinski definition) is 2. The summed E-state index contributed by atoms with van der Waals surface area (Å²) in [6, 6.07) is 28.0. The maximum absolute atomic E-state index is 12.4. The van der Waals surface area contributed by atoms with E-state index in [1.807, 2.05) is 37.2 Å². The Balaban J connectivity index is 0.0000000994. The van der Waals surface area contributed by atoms with Crippen LogP contribution in [-0.4, -0.2) is 66.4 Å². The zero-order valence-electron chi connectivity index (χ0n) is 55.1. The third kappa shape index (κ3) is 8.28. The molecule has 21 rings (SSSR count). The highest BCUT2D eigenvalue weighted by Crippen LogP contribution is 2.73. The summed E-state index contributed by atoms with van der Waals surface area (Å²) in [4.78, 5) is 25.4. The summed E-state index contributed by atoms with van der Waals surface area (Å²) >= 11 is 0. The summed E-state index contributed by atoms with van der Waals surface area (Å²) < 4.78 is 21.6. The fourth-order valence-electron chi connectivity index (χ4n) is 24.7. The molecule has 17 atom stereocenters. The summed E-state index contributed by atoms with van der Waals surface area (Å²) in [6.45, 7) is 7.60. The van der Waals surface area contributed by atoms with Crippen LogP contribution in [0.1, 0.15) is 209 Å². The summed E-state index contributed by atoms with van der Waals surface area (Å²) in [5, 5.41) is 7.57. The second-order valence-corrected chi connectivity index (χ2v) is 33.3. The summed E-state index contributed by atoms with van der Waals surface area (Å²) in [5.41, 5.74) is 26.1. The molecule has 9 heteroatoms. The molecule has 9 fully saturated rings. The minimum absolute atomic E-state index is 0.0695. The van der Waals surface area contributed by atoms with Crippen LogP contribution < -0.4 is 11.5 Å². The summed E-state index contributed by atoms with van der Waals surface area (Å²) in [7, 11) is 0. The minimum Gasteiger partial charge on any atom is -0.359 e. The fraction of sp³-hybridized carbons (Fsp3) is 0.524. The number of nitrogens with two attached hydrogens (primary N) is 2. The lowest BCUT2D eigenvalue weighted by Gasteiger charge is -2.54. The minimum atomic E-state index is -0.294. The van der Waals surface area contributed by atoms with Crippen LogP contribution in [-0.2, 0) is 19.0 Å². The lowest BCUT2D eigenvalue weighted by atomic mass is 9.58. The van der Waals surface area contributed by atoms with Gasteiger partial charge >= 0.3 is 0 Å². The van der Waals surface area contributed by atoms with Crippen molar-refractivity contribution in [1.82, 2.24) is 15.0 Å². The molecule has 15 aliphatic rings. The molecule has 478 valence electrons. The lowest BCUT2D eigenvalue weighted by Crippen LogP contribution is -2.54. The maximum Gasteiger partial charge on any atom is 0.136 e. The van der Waals surface area contributed by atoms with Crippen LogP contribution in [0, 0.1) is 34.0 Å². The predicted octanol–water partition coefficient (Wildman–Crippen LogP) is 17.7. The molecule has 6 saturated carbocycles. The van der Waals surface area contributed by atoms with Gasteiger partial charge in [0, 0.05) is 78.3 Å². The number of rotatable bonds is 3. The fourth-order valence-corrected chi connectivity index (χ4v) is 24.7. The van der Waals surface area contributed by atoms with Gasteiger partial charge < -0.3 is 25.7 Å². The molecule has 6 aliphatic heterocycles. The molecule has 4 N–H and O–H groups in total. The standard InChI is InChI=1S/2C28H32N2O.C28H29NO2/c2*1-26-10-8-22-15-21-4-5-23(29)16-27(21)11-12-28(22,31-27)25(26)7-6-24(26)19-3-2-18-9-13-30-17-20(18)14-19;1-26-10-8-22-15-21-4-5-23(30)16-27(21)11-12-28(22,31-27)25(26)7-6-24(26)19-3-2-18-9-13-29-17-20(18)14-19/h2*2-3,8-9,13-15,17,23-25H,4-7,10-12,16,29H2,1H3;2-3,8-9,13-15,17,24-25H,4-7,10-12,16H2,1H3/t23-,24+,25+,26+,27+,28?;23-,24-,25-,26-,27-,28?;24-,25-,26-,27-,28?/m011/s1. The van der Waals surface area contributed by atoms with Gasteiger partial charge in [-0.2, -0.15) is 0 Å². The van der Waals surface area contributed by atoms with Gasteiger partial charge in [0.05, 0.1) is 33.6 Å². The predicted molar refractivity (Wildman–Crippen MR) is 368 cm³/mol. The number of carbonyl (C=O) groups excluding carboxylic acids is 1. The third-order valence-electron chi connectivity index (χ3n) is 29.1. The number of carbonyl (C=O) groups is 1. The number of benzene rings is 3. The number of aromatic nitrogens is 3. The summed E-state index contributed by atoms with van der Waals surface area (Å²) in [6.07, 6.45) is 53.1. The quantitative estimate of drug-likeness (QED) is 0.178. The number of ketones is 1. The van der Waals surface area contributed by atoms with Crippen molar-refractivity contribution < 1.29 is 19.0 Å². The van der Waals surface area contributed by atoms with Crippen LogP contribution in [0.2, 0.25) is 0 Å². The molecule has 9 heterocycles. The molecule has 6 bridgehead atoms. The SMILES string of the molecule is C[C@]12CC=C3C=C4CCC(=O)C[C@]45CCC3(O5)[C@@H]1CC[C@@H]2c1ccc2ccncc2c1.C[C@]12CC=C3C=C4CC[C@@H](N)C[C@]45CCC3(O5)[C@@H]1CC[C@@H]2c1ccc2ccncc2c1.C[C@]12CC=C3C=C4CC[C@H](N)C[C@]45CCC3(O5)[C@@H]1CC[C@@H]2c1ccc2ccncc2c1. The zero-order valence-corrected chi connectivity index (χ0v) is 55.1. The normalized spacial score (nSPS) is 42.3. The van der Waals surface area contributed by atoms with Gasteiger partial charge in [-0.1, -0.05) is 93.6 Å². The van der Waals surface area contributed by atoms with Crippen molar-refractivity contribution in [3.05, 3.63) is 197 Å². The maximum atomic E-state index is 12.4. The average molecular weight is 1240 g/mol. The monoisotopic (exact) mass is 1240 g/mol. The first-order valence-corrected chi connectivity index (χ1v) is 36.5. The number of Topliss-reactive ketones (excluding diaryl/α,β-unsaturated/α-hetero) is 1. The Kier molecular flexibility index (Phi) is 12.8. The Morgan fingerprint density at radius 1 is 0.409 bits per heavy atom. The Bertz CT molecular complexity index is 4190. The zero-order chi connectivity index (χ0) is 62.5. The van der Waals surface area contributed by atoms with E-state index < -0.39 is 0 Å². The van der Waals surface area contributed by atoms with E-state index in [2.05, 4.69) is 145 Å². The van der Waals surface area contributed by atoms with Crippen molar-refractivity contribution in [2.45, 2.75) is 238 Å². The van der Waals surface area contributed by atoms with Gasteiger partial charge in [0.25, 0.3) is 0 Å². The molecule has 3 saturated heterocycles. The first-order valence-electron chi connectivity index (χ1n) is 36.5. The first kappa shape index (κ1) is 58.2. The van der Waals surface area contributed by atoms with Crippen LogP contribution in [0.3, 0.4) is 0 Å². The molecule has 6 spiro atoms. The highest BCUT2D eigenvalue weighted by molar-refractivity contribution is 5.85. The van der Waals surface area contributed by atoms with E-state index in [4.69, 9.17) is 25.7 Å². The highest BCUT2D eigenvalue weighted by atomic mass is 16.5. The van der Waals surface area contributed by atoms with E-state index in [1.54, 1.807) is 0 Å². The van der Waals surface area contributed by atoms with Crippen LogP contribution >= 0.6 is 0 Å². The third-order valence-corrected chi connectivity index (χ3v) is 29.1. The number of ether oxygens (including phenoxy) is 3. The van der Waals surface area contributed by atoms with E-state index in [0.717, 1.165) is 89.9 Å². The van der Waals surface area contributed by atoms with Crippen molar-refractivity contribution in [1.29, 1.82) is 0 Å². The topological polar surface area (TPSA) is 135 Å². The van der Waals surface area contributed by atoms with Gasteiger partial charge in [0.2, 0.25) is 0 Å². The first-order chi connectivity index (χ1) is 45.1. The van der Waals surface area contributed by atoms with E-state index in [0.29, 0.717) is 54.1 Å². The second kappa shape index (κ2) is 20.4. The van der Waals surface area contributed by atoms with E-state index >= 15 is 0 Å². The Morgan fingerprint density at radius 2 is 0.774 bits per heavy atom. The molecule has 9 aliphatic carbocycles. The van der Waals surface area contributed by atoms with E-state index in [9.17, 15) is 4.79 Å². The van der Waals surface area contributed by atoms with Gasteiger partial charge in [0.15, 0.2) is 0 Å². The van der Waals surface area contributed by atoms with Gasteiger partial charge in [-0.3, -0.25) is 19.7 Å². The lowest BCUT2D eigenvalue weighted by molar-refractivity contribution is -0.146. The molecular formula is C84H93N5O4. The number of fused-ring (bicyclic) bond motifs is 6. The molecule has 0 amide bonds. The number of hydrogen-bond acceptors (Lipinski definition) is 9. The Morgan fingerprint density at radius 3 is 1.17 bits per heavy atom. The van der Waals surface area contributed by atoms with E-state index in [1.165, 1.54) is 134 Å². The van der Waals surface area contributed by atoms with Crippen LogP contribution in [0.15, 0.2) is 180 Å². The summed E-state index contributed by atoms with van der Waals surface area (Å²) in [5.74, 6) is 3.77. The highest BCUT2D eigenvalue weighted by Gasteiger charge is 2.70. The molecule has 3 aromatic carbocycles. The van der Waals surface area contributed by atoms with Crippen LogP contribution in [0.4, 0.5) is 0 Å². The average Bonchev–Trinajstić information content (AvgIpc) is 1.56. The second-order valence-electron chi connectivity index (χ2n) is 33.3. The van der Waals surface area contributed by atoms with Crippen LogP contribution in [0.5, 0.6) is 0 Å². The van der Waals surface area contributed by atoms with Gasteiger partial charge in [0.1, 0.15) is 5.78 Å². The molecule has 3 aromatic heterocycles. The van der Waals surface area contributed by atoms with Crippen LogP contribution in [0.25, 0.3) is 32.3 Å². The van der Waals surface area contributed by atoms with Gasteiger partial charge in [-0.25, -0.2) is 0 Å². The molecule has 9 nitrogen and oxygen atoms in total. The van der Waals surface area contributed by atoms with Crippen molar-refractivity contribution in [3.63, 3.8) is 0 Å². The van der Waals surface area contributed by atoms with Gasteiger partial charge in [-0.15, -0.1) is 0 Å². The molecule has 0 radical (unpaired) electrons.